The van der Waals surface area contributed by atoms with E-state index in [1.165, 1.54) is 18.2 Å². The molecule has 0 bridgehead atoms. The van der Waals surface area contributed by atoms with E-state index in [1.807, 2.05) is 0 Å². The molecule has 0 aliphatic carbocycles. The number of carbonyl (C=O) groups excluding carboxylic acids is 1. The molecule has 1 aromatic rings. The number of nitrogens with two attached hydrogens (primary N) is 1. The van der Waals surface area contributed by atoms with Crippen LogP contribution in [0.3, 0.4) is 0 Å². The quantitative estimate of drug-likeness (QED) is 0.328. The molecule has 1 aromatic carbocycles. The number of amides is 1. The topological polar surface area (TPSA) is 102 Å². The summed E-state index contributed by atoms with van der Waals surface area (Å²) in [5.41, 5.74) is 5.94. The highest BCUT2D eigenvalue weighted by molar-refractivity contribution is 5.99. The van der Waals surface area contributed by atoms with Crippen LogP contribution in [-0.4, -0.2) is 41.9 Å². The zero-order valence-corrected chi connectivity index (χ0v) is 12.5. The molecule has 0 aliphatic heterocycles. The van der Waals surface area contributed by atoms with Crippen LogP contribution in [0.4, 0.5) is 11.4 Å². The number of nitro benzene ring substituents is 1. The van der Waals surface area contributed by atoms with Crippen LogP contribution >= 0.6 is 0 Å². The maximum absolute atomic E-state index is 12.0. The van der Waals surface area contributed by atoms with E-state index in [4.69, 9.17) is 5.73 Å². The predicted octanol–water partition coefficient (Wildman–Crippen LogP) is 1.64. The first-order chi connectivity index (χ1) is 9.99. The normalized spacial score (nSPS) is 10.6. The largest absolute Gasteiger partial charge is 0.398 e. The SMILES string of the molecule is CCN(CC)CCCNC(=O)c1cc([N+](=O)[O-])ccc1N. The number of benzene rings is 1. The Kier molecular flexibility index (Phi) is 6.61. The molecular formula is C14H22N4O3. The van der Waals surface area contributed by atoms with Crippen LogP contribution in [-0.2, 0) is 0 Å². The van der Waals surface area contributed by atoms with Crippen LogP contribution in [0, 0.1) is 10.1 Å². The fourth-order valence-electron chi connectivity index (χ4n) is 1.99. The number of hydrogen-bond acceptors (Lipinski definition) is 5. The molecule has 0 radical (unpaired) electrons. The molecule has 0 aliphatic rings. The van der Waals surface area contributed by atoms with Gasteiger partial charge in [0.05, 0.1) is 10.5 Å². The summed E-state index contributed by atoms with van der Waals surface area (Å²) in [5, 5.41) is 13.5. The highest BCUT2D eigenvalue weighted by Crippen LogP contribution is 2.19. The van der Waals surface area contributed by atoms with Crippen LogP contribution in [0.2, 0.25) is 0 Å². The Hall–Kier alpha value is -2.15. The number of anilines is 1. The smallest absolute Gasteiger partial charge is 0.270 e. The van der Waals surface area contributed by atoms with Crippen LogP contribution in [0.5, 0.6) is 0 Å². The van der Waals surface area contributed by atoms with Gasteiger partial charge in [-0.15, -0.1) is 0 Å². The number of nitrogens with one attached hydrogen (secondary N) is 1. The van der Waals surface area contributed by atoms with Crippen LogP contribution in [0.1, 0.15) is 30.6 Å². The van der Waals surface area contributed by atoms with E-state index in [1.54, 1.807) is 0 Å². The van der Waals surface area contributed by atoms with Gasteiger partial charge in [0.2, 0.25) is 0 Å². The third-order valence-electron chi connectivity index (χ3n) is 3.32. The van der Waals surface area contributed by atoms with Crippen LogP contribution < -0.4 is 11.1 Å². The summed E-state index contributed by atoms with van der Waals surface area (Å²) in [6.07, 6.45) is 0.822. The number of nitrogen functional groups attached to an aromatic ring is 1. The van der Waals surface area contributed by atoms with Gasteiger partial charge in [0.25, 0.3) is 11.6 Å². The number of hydrogen-bond donors (Lipinski definition) is 2. The first-order valence-electron chi connectivity index (χ1n) is 7.04. The first kappa shape index (κ1) is 16.9. The van der Waals surface area contributed by atoms with Gasteiger partial charge in [0.15, 0.2) is 0 Å². The van der Waals surface area contributed by atoms with E-state index in [2.05, 4.69) is 24.1 Å². The molecule has 0 atom stereocenters. The zero-order chi connectivity index (χ0) is 15.8. The minimum absolute atomic E-state index is 0.141. The molecule has 0 unspecified atom stereocenters. The van der Waals surface area contributed by atoms with Crippen molar-refractivity contribution < 1.29 is 9.72 Å². The summed E-state index contributed by atoms with van der Waals surface area (Å²) < 4.78 is 0. The number of rotatable bonds is 8. The molecule has 21 heavy (non-hydrogen) atoms. The average Bonchev–Trinajstić information content (AvgIpc) is 2.47. The second-order valence-corrected chi connectivity index (χ2v) is 4.67. The lowest BCUT2D eigenvalue weighted by molar-refractivity contribution is -0.384. The fraction of sp³-hybridized carbons (Fsp3) is 0.500. The van der Waals surface area contributed by atoms with Crippen molar-refractivity contribution in [2.24, 2.45) is 0 Å². The monoisotopic (exact) mass is 294 g/mol. The van der Waals surface area contributed by atoms with Gasteiger partial charge in [-0.05, 0) is 32.1 Å². The summed E-state index contributed by atoms with van der Waals surface area (Å²) in [4.78, 5) is 24.4. The Balaban J connectivity index is 2.56. The molecule has 7 nitrogen and oxygen atoms in total. The summed E-state index contributed by atoms with van der Waals surface area (Å²) in [7, 11) is 0. The number of non-ortho nitro benzene ring substituents is 1. The molecule has 1 rings (SSSR count). The van der Waals surface area contributed by atoms with E-state index in [0.29, 0.717) is 6.54 Å². The molecule has 7 heteroatoms. The maximum Gasteiger partial charge on any atom is 0.270 e. The van der Waals surface area contributed by atoms with Crippen LogP contribution in [0.15, 0.2) is 18.2 Å². The molecular weight excluding hydrogens is 272 g/mol. The van der Waals surface area contributed by atoms with Gasteiger partial charge in [-0.25, -0.2) is 0 Å². The number of nitro groups is 1. The van der Waals surface area contributed by atoms with Gasteiger partial charge in [-0.2, -0.15) is 0 Å². The molecule has 0 saturated carbocycles. The van der Waals surface area contributed by atoms with Gasteiger partial charge in [-0.1, -0.05) is 13.8 Å². The van der Waals surface area contributed by atoms with Crippen molar-refractivity contribution in [3.63, 3.8) is 0 Å². The van der Waals surface area contributed by atoms with Crippen molar-refractivity contribution >= 4 is 17.3 Å². The second kappa shape index (κ2) is 8.21. The van der Waals surface area contributed by atoms with Gasteiger partial charge >= 0.3 is 0 Å². The predicted molar refractivity (Wildman–Crippen MR) is 82.2 cm³/mol. The van der Waals surface area contributed by atoms with Gasteiger partial charge in [0, 0.05) is 24.4 Å². The minimum Gasteiger partial charge on any atom is -0.398 e. The lowest BCUT2D eigenvalue weighted by Gasteiger charge is -2.17. The van der Waals surface area contributed by atoms with E-state index in [0.717, 1.165) is 26.1 Å². The average molecular weight is 294 g/mol. The molecule has 0 fully saturated rings. The van der Waals surface area contributed by atoms with Crippen molar-refractivity contribution in [1.82, 2.24) is 10.2 Å². The number of carbonyl (C=O) groups is 1. The second-order valence-electron chi connectivity index (χ2n) is 4.67. The third kappa shape index (κ3) is 5.03. The maximum atomic E-state index is 12.0. The fourth-order valence-corrected chi connectivity index (χ4v) is 1.99. The van der Waals surface area contributed by atoms with E-state index < -0.39 is 4.92 Å². The Morgan fingerprint density at radius 2 is 2.05 bits per heavy atom. The minimum atomic E-state index is -0.545. The molecule has 0 saturated heterocycles. The van der Waals surface area contributed by atoms with Crippen molar-refractivity contribution in [2.45, 2.75) is 20.3 Å². The highest BCUT2D eigenvalue weighted by Gasteiger charge is 2.14. The molecule has 116 valence electrons. The van der Waals surface area contributed by atoms with E-state index in [-0.39, 0.29) is 22.8 Å². The Morgan fingerprint density at radius 1 is 1.38 bits per heavy atom. The molecule has 1 amide bonds. The van der Waals surface area contributed by atoms with Crippen molar-refractivity contribution in [3.8, 4) is 0 Å². The van der Waals surface area contributed by atoms with Gasteiger partial charge in [0.1, 0.15) is 0 Å². The lowest BCUT2D eigenvalue weighted by Crippen LogP contribution is -2.30. The van der Waals surface area contributed by atoms with Crippen molar-refractivity contribution in [1.29, 1.82) is 0 Å². The zero-order valence-electron chi connectivity index (χ0n) is 12.5. The molecule has 0 aromatic heterocycles. The van der Waals surface area contributed by atoms with Gasteiger partial charge < -0.3 is 16.0 Å². The Morgan fingerprint density at radius 3 is 2.62 bits per heavy atom. The lowest BCUT2D eigenvalue weighted by atomic mass is 10.1. The Labute approximate surface area is 124 Å². The van der Waals surface area contributed by atoms with E-state index in [9.17, 15) is 14.9 Å². The summed E-state index contributed by atoms with van der Waals surface area (Å²) in [5.74, 6) is -0.379. The van der Waals surface area contributed by atoms with Crippen molar-refractivity contribution in [3.05, 3.63) is 33.9 Å². The van der Waals surface area contributed by atoms with Gasteiger partial charge in [-0.3, -0.25) is 14.9 Å². The molecule has 0 heterocycles. The number of nitrogens with zero attached hydrogens (tertiary/aromatic N) is 2. The summed E-state index contributed by atoms with van der Waals surface area (Å²) in [6, 6.07) is 3.87. The first-order valence-corrected chi connectivity index (χ1v) is 7.04. The van der Waals surface area contributed by atoms with E-state index >= 15 is 0 Å². The highest BCUT2D eigenvalue weighted by atomic mass is 16.6. The van der Waals surface area contributed by atoms with Crippen LogP contribution in [0.25, 0.3) is 0 Å². The standard InChI is InChI=1S/C14H22N4O3/c1-3-17(4-2)9-5-8-16-14(19)12-10-11(18(20)21)6-7-13(12)15/h6-7,10H,3-5,8-9,15H2,1-2H3,(H,16,19). The van der Waals surface area contributed by atoms with Crippen molar-refractivity contribution in [2.75, 3.05) is 31.9 Å². The molecule has 0 spiro atoms. The Bertz CT molecular complexity index is 501. The molecule has 3 N–H and O–H groups in total. The summed E-state index contributed by atoms with van der Waals surface area (Å²) in [6.45, 7) is 7.54. The third-order valence-corrected chi connectivity index (χ3v) is 3.32. The summed E-state index contributed by atoms with van der Waals surface area (Å²) >= 11 is 0.